The number of amides is 1. The summed E-state index contributed by atoms with van der Waals surface area (Å²) in [6.07, 6.45) is 5.69. The lowest BCUT2D eigenvalue weighted by atomic mass is 10.1. The first-order valence-corrected chi connectivity index (χ1v) is 11.5. The number of ether oxygens (including phenoxy) is 2. The van der Waals surface area contributed by atoms with Crippen molar-refractivity contribution in [3.05, 3.63) is 64.7 Å². The molecule has 5 nitrogen and oxygen atoms in total. The van der Waals surface area contributed by atoms with Crippen molar-refractivity contribution in [1.82, 2.24) is 9.80 Å². The Labute approximate surface area is 192 Å². The lowest BCUT2D eigenvalue weighted by molar-refractivity contribution is 0.0763. The van der Waals surface area contributed by atoms with E-state index in [-0.39, 0.29) is 5.91 Å². The molecule has 0 atom stereocenters. The average Bonchev–Trinajstić information content (AvgIpc) is 3.31. The number of carbonyl (C=O) groups excluding carboxylic acids is 1. The van der Waals surface area contributed by atoms with Crippen LogP contribution in [-0.2, 0) is 0 Å². The van der Waals surface area contributed by atoms with Gasteiger partial charge in [-0.15, -0.1) is 0 Å². The fraction of sp³-hybridized carbons (Fsp3) is 0.444. The van der Waals surface area contributed by atoms with E-state index in [1.54, 1.807) is 20.3 Å². The van der Waals surface area contributed by atoms with Gasteiger partial charge in [0.15, 0.2) is 11.5 Å². The van der Waals surface area contributed by atoms with Crippen molar-refractivity contribution in [2.24, 2.45) is 0 Å². The minimum atomic E-state index is 0.0243. The maximum absolute atomic E-state index is 13.6. The number of methoxy groups -OCH3 is 2. The summed E-state index contributed by atoms with van der Waals surface area (Å²) in [6.45, 7) is 8.75. The molecule has 1 aliphatic rings. The smallest absolute Gasteiger partial charge is 0.254 e. The average molecular weight is 437 g/mol. The zero-order chi connectivity index (χ0) is 22.9. The molecule has 32 heavy (non-hydrogen) atoms. The van der Waals surface area contributed by atoms with Gasteiger partial charge >= 0.3 is 0 Å². The van der Waals surface area contributed by atoms with Crippen molar-refractivity contribution in [3.8, 4) is 11.5 Å². The van der Waals surface area contributed by atoms with Crippen LogP contribution < -0.4 is 9.47 Å². The molecule has 3 rings (SSSR count). The fourth-order valence-corrected chi connectivity index (χ4v) is 4.39. The molecule has 2 aromatic carbocycles. The van der Waals surface area contributed by atoms with Crippen LogP contribution in [0.15, 0.2) is 48.0 Å². The summed E-state index contributed by atoms with van der Waals surface area (Å²) in [5.74, 6) is 1.28. The summed E-state index contributed by atoms with van der Waals surface area (Å²) < 4.78 is 10.9. The van der Waals surface area contributed by atoms with E-state index in [9.17, 15) is 4.79 Å². The standard InChI is InChI=1S/C27H36N2O3/c1-21(17-23-11-6-5-7-12-23)20-29(16-10-15-28-13-8-9-14-28)27(30)24-18-22(2)26(32-4)25(19-24)31-3/h5-7,11-12,17-19H,8-10,13-16,20H2,1-4H3/b21-17+. The minimum Gasteiger partial charge on any atom is -0.493 e. The highest BCUT2D eigenvalue weighted by atomic mass is 16.5. The van der Waals surface area contributed by atoms with Gasteiger partial charge in [-0.05, 0) is 76.0 Å². The molecule has 1 aliphatic heterocycles. The number of hydrogen-bond donors (Lipinski definition) is 0. The van der Waals surface area contributed by atoms with Crippen molar-refractivity contribution in [3.63, 3.8) is 0 Å². The van der Waals surface area contributed by atoms with Gasteiger partial charge in [-0.25, -0.2) is 0 Å². The Hall–Kier alpha value is -2.79. The molecule has 0 aromatic heterocycles. The Morgan fingerprint density at radius 1 is 1.09 bits per heavy atom. The minimum absolute atomic E-state index is 0.0243. The summed E-state index contributed by atoms with van der Waals surface area (Å²) in [5.41, 5.74) is 3.83. The first-order valence-electron chi connectivity index (χ1n) is 11.5. The monoisotopic (exact) mass is 436 g/mol. The Bertz CT molecular complexity index is 918. The van der Waals surface area contributed by atoms with Crippen molar-refractivity contribution >= 4 is 12.0 Å². The third-order valence-corrected chi connectivity index (χ3v) is 5.95. The van der Waals surface area contributed by atoms with Crippen LogP contribution in [0.4, 0.5) is 0 Å². The van der Waals surface area contributed by atoms with Gasteiger partial charge in [-0.2, -0.15) is 0 Å². The van der Waals surface area contributed by atoms with Crippen LogP contribution >= 0.6 is 0 Å². The number of aryl methyl sites for hydroxylation is 1. The number of likely N-dealkylation sites (tertiary alicyclic amines) is 1. The second kappa shape index (κ2) is 11.7. The summed E-state index contributed by atoms with van der Waals surface area (Å²) >= 11 is 0. The molecule has 0 radical (unpaired) electrons. The molecule has 2 aromatic rings. The van der Waals surface area contributed by atoms with Crippen LogP contribution in [0.3, 0.4) is 0 Å². The van der Waals surface area contributed by atoms with E-state index in [4.69, 9.17) is 9.47 Å². The molecule has 5 heteroatoms. The van der Waals surface area contributed by atoms with Gasteiger partial charge in [0, 0.05) is 18.7 Å². The fourth-order valence-electron chi connectivity index (χ4n) is 4.39. The molecule has 0 unspecified atom stereocenters. The maximum Gasteiger partial charge on any atom is 0.254 e. The highest BCUT2D eigenvalue weighted by Gasteiger charge is 2.20. The number of nitrogens with zero attached hydrogens (tertiary/aromatic N) is 2. The molecule has 0 N–H and O–H groups in total. The molecule has 1 fully saturated rings. The van der Waals surface area contributed by atoms with Gasteiger partial charge in [0.1, 0.15) is 0 Å². The summed E-state index contributed by atoms with van der Waals surface area (Å²) in [5, 5.41) is 0. The third kappa shape index (κ3) is 6.36. The van der Waals surface area contributed by atoms with Crippen LogP contribution in [-0.4, -0.2) is 62.7 Å². The Kier molecular flexibility index (Phi) is 8.74. The largest absolute Gasteiger partial charge is 0.493 e. The first kappa shape index (κ1) is 23.9. The van der Waals surface area contributed by atoms with Crippen LogP contribution in [0.5, 0.6) is 11.5 Å². The Morgan fingerprint density at radius 3 is 2.47 bits per heavy atom. The normalized spacial score (nSPS) is 14.4. The van der Waals surface area contributed by atoms with Gasteiger partial charge in [0.2, 0.25) is 0 Å². The zero-order valence-corrected chi connectivity index (χ0v) is 19.9. The summed E-state index contributed by atoms with van der Waals surface area (Å²) in [4.78, 5) is 18.0. The molecular weight excluding hydrogens is 400 g/mol. The van der Waals surface area contributed by atoms with Gasteiger partial charge < -0.3 is 19.3 Å². The van der Waals surface area contributed by atoms with Crippen LogP contribution in [0, 0.1) is 6.92 Å². The summed E-state index contributed by atoms with van der Waals surface area (Å²) in [6, 6.07) is 13.9. The number of carbonyl (C=O) groups is 1. The third-order valence-electron chi connectivity index (χ3n) is 5.95. The Balaban J connectivity index is 1.79. The first-order chi connectivity index (χ1) is 15.5. The second-order valence-corrected chi connectivity index (χ2v) is 8.56. The van der Waals surface area contributed by atoms with Crippen LogP contribution in [0.1, 0.15) is 47.7 Å². The topological polar surface area (TPSA) is 42.0 Å². The Morgan fingerprint density at radius 2 is 1.81 bits per heavy atom. The molecule has 0 aliphatic carbocycles. The van der Waals surface area contributed by atoms with Gasteiger partial charge in [0.05, 0.1) is 14.2 Å². The highest BCUT2D eigenvalue weighted by Crippen LogP contribution is 2.32. The van der Waals surface area contributed by atoms with Gasteiger partial charge in [-0.1, -0.05) is 42.0 Å². The molecule has 1 saturated heterocycles. The SMILES string of the molecule is COc1cc(C(=O)N(CCCN2CCCC2)C/C(C)=C/c2ccccc2)cc(C)c1OC. The molecule has 0 bridgehead atoms. The number of benzene rings is 2. The molecular formula is C27H36N2O3. The molecule has 0 spiro atoms. The van der Waals surface area contributed by atoms with Gasteiger partial charge in [0.25, 0.3) is 5.91 Å². The summed E-state index contributed by atoms with van der Waals surface area (Å²) in [7, 11) is 3.22. The molecule has 1 heterocycles. The van der Waals surface area contributed by atoms with E-state index < -0.39 is 0 Å². The van der Waals surface area contributed by atoms with Crippen molar-refractivity contribution < 1.29 is 14.3 Å². The van der Waals surface area contributed by atoms with E-state index in [2.05, 4.69) is 30.0 Å². The van der Waals surface area contributed by atoms with E-state index in [0.29, 0.717) is 23.6 Å². The lowest BCUT2D eigenvalue weighted by Crippen LogP contribution is -2.35. The zero-order valence-electron chi connectivity index (χ0n) is 19.9. The van der Waals surface area contributed by atoms with Crippen LogP contribution in [0.2, 0.25) is 0 Å². The van der Waals surface area contributed by atoms with E-state index >= 15 is 0 Å². The lowest BCUT2D eigenvalue weighted by Gasteiger charge is -2.25. The second-order valence-electron chi connectivity index (χ2n) is 8.56. The quantitative estimate of drug-likeness (QED) is 0.523. The van der Waals surface area contributed by atoms with E-state index in [0.717, 1.165) is 36.2 Å². The predicted molar refractivity (Wildman–Crippen MR) is 131 cm³/mol. The number of hydrogen-bond acceptors (Lipinski definition) is 4. The van der Waals surface area contributed by atoms with Crippen molar-refractivity contribution in [2.45, 2.75) is 33.1 Å². The molecule has 172 valence electrons. The highest BCUT2D eigenvalue weighted by molar-refractivity contribution is 5.95. The van der Waals surface area contributed by atoms with E-state index in [1.807, 2.05) is 36.1 Å². The molecule has 1 amide bonds. The van der Waals surface area contributed by atoms with Crippen molar-refractivity contribution in [1.29, 1.82) is 0 Å². The molecule has 0 saturated carbocycles. The van der Waals surface area contributed by atoms with Crippen LogP contribution in [0.25, 0.3) is 6.08 Å². The van der Waals surface area contributed by atoms with Gasteiger partial charge in [-0.3, -0.25) is 4.79 Å². The van der Waals surface area contributed by atoms with E-state index in [1.165, 1.54) is 25.9 Å². The predicted octanol–water partition coefficient (Wildman–Crippen LogP) is 5.04. The van der Waals surface area contributed by atoms with Crippen molar-refractivity contribution in [2.75, 3.05) is 46.9 Å². The number of rotatable bonds is 10. The maximum atomic E-state index is 13.6.